The van der Waals surface area contributed by atoms with Gasteiger partial charge in [-0.2, -0.15) is 0 Å². The number of nitrogens with zero attached hydrogens (tertiary/aromatic N) is 2. The van der Waals surface area contributed by atoms with Gasteiger partial charge < -0.3 is 19.5 Å². The van der Waals surface area contributed by atoms with Crippen molar-refractivity contribution in [2.24, 2.45) is 0 Å². The number of thiocarbonyl (C=S) groups is 1. The number of nitrogens with one attached hydrogen (secondary N) is 2. The van der Waals surface area contributed by atoms with Crippen molar-refractivity contribution in [3.63, 3.8) is 0 Å². The number of hydrazine groups is 1. The van der Waals surface area contributed by atoms with Crippen LogP contribution in [0.15, 0.2) is 42.5 Å². The minimum absolute atomic E-state index is 0.111. The number of likely N-dealkylation sites (N-methyl/N-ethyl adjacent to an activating group) is 1. The third kappa shape index (κ3) is 5.99. The van der Waals surface area contributed by atoms with Crippen molar-refractivity contribution < 1.29 is 28.6 Å². The van der Waals surface area contributed by atoms with Crippen LogP contribution in [0.3, 0.4) is 0 Å². The van der Waals surface area contributed by atoms with E-state index in [-0.39, 0.29) is 23.0 Å². The first-order valence-corrected chi connectivity index (χ1v) is 11.4. The molecule has 1 unspecified atom stereocenters. The molecule has 1 aliphatic heterocycles. The fourth-order valence-electron chi connectivity index (χ4n) is 3.54. The van der Waals surface area contributed by atoms with Gasteiger partial charge in [0, 0.05) is 23.9 Å². The van der Waals surface area contributed by atoms with Crippen LogP contribution in [0.1, 0.15) is 30.6 Å². The average molecular weight is 501 g/mol. The second-order valence-electron chi connectivity index (χ2n) is 7.50. The van der Waals surface area contributed by atoms with Gasteiger partial charge in [-0.3, -0.25) is 24.7 Å². The summed E-state index contributed by atoms with van der Waals surface area (Å²) in [5.74, 6) is 0.223. The van der Waals surface area contributed by atoms with Crippen LogP contribution in [0.4, 0.5) is 5.69 Å². The lowest BCUT2D eigenvalue weighted by molar-refractivity contribution is -0.130. The molecule has 0 radical (unpaired) electrons. The summed E-state index contributed by atoms with van der Waals surface area (Å²) < 4.78 is 15.8. The number of carbonyl (C=O) groups excluding carboxylic acids is 3. The van der Waals surface area contributed by atoms with Crippen molar-refractivity contribution >= 4 is 40.7 Å². The van der Waals surface area contributed by atoms with Crippen molar-refractivity contribution in [2.75, 3.05) is 32.7 Å². The molecule has 35 heavy (non-hydrogen) atoms. The summed E-state index contributed by atoms with van der Waals surface area (Å²) in [5.41, 5.74) is 3.46. The molecule has 1 atom stereocenters. The number of carbonyl (C=O) groups is 3. The smallest absolute Gasteiger partial charge is 0.270 e. The van der Waals surface area contributed by atoms with E-state index < -0.39 is 17.9 Å². The second kappa shape index (κ2) is 11.5. The molecule has 3 amide bonds. The van der Waals surface area contributed by atoms with Gasteiger partial charge in [0.25, 0.3) is 11.8 Å². The first kappa shape index (κ1) is 25.8. The molecule has 1 heterocycles. The number of hydrogen-bond acceptors (Lipinski definition) is 7. The van der Waals surface area contributed by atoms with Gasteiger partial charge >= 0.3 is 0 Å². The third-order valence-corrected chi connectivity index (χ3v) is 5.70. The molecule has 1 fully saturated rings. The molecule has 2 aromatic carbocycles. The molecular weight excluding hydrogens is 472 g/mol. The maximum Gasteiger partial charge on any atom is 0.270 e. The van der Waals surface area contributed by atoms with E-state index >= 15 is 0 Å². The molecule has 10 nitrogen and oxygen atoms in total. The summed E-state index contributed by atoms with van der Waals surface area (Å²) in [4.78, 5) is 40.1. The van der Waals surface area contributed by atoms with Gasteiger partial charge in [0.05, 0.1) is 27.2 Å². The van der Waals surface area contributed by atoms with Gasteiger partial charge in [0.15, 0.2) is 5.11 Å². The Bertz CT molecular complexity index is 1090. The Morgan fingerprint density at radius 2 is 1.63 bits per heavy atom. The van der Waals surface area contributed by atoms with E-state index in [0.29, 0.717) is 36.1 Å². The highest BCUT2D eigenvalue weighted by Gasteiger charge is 2.44. The van der Waals surface area contributed by atoms with Gasteiger partial charge in [-0.25, -0.2) is 5.01 Å². The number of anilines is 1. The maximum atomic E-state index is 13.0. The van der Waals surface area contributed by atoms with Crippen LogP contribution < -0.4 is 25.0 Å². The molecule has 11 heteroatoms. The molecular formula is C24H28N4O6S. The van der Waals surface area contributed by atoms with Crippen molar-refractivity contribution in [1.29, 1.82) is 0 Å². The maximum absolute atomic E-state index is 13.0. The fraction of sp³-hybridized carbons (Fsp3) is 0.333. The van der Waals surface area contributed by atoms with E-state index in [1.807, 2.05) is 6.92 Å². The van der Waals surface area contributed by atoms with Gasteiger partial charge in [0.2, 0.25) is 5.91 Å². The van der Waals surface area contributed by atoms with Crippen LogP contribution in [0.2, 0.25) is 0 Å². The lowest BCUT2D eigenvalue weighted by atomic mass is 10.1. The topological polar surface area (TPSA) is 109 Å². The molecule has 3 rings (SSSR count). The van der Waals surface area contributed by atoms with E-state index in [1.54, 1.807) is 37.3 Å². The zero-order chi connectivity index (χ0) is 25.5. The highest BCUT2D eigenvalue weighted by molar-refractivity contribution is 7.80. The standard InChI is InChI=1S/C24H28N4O6S/c1-5-27-23(31)20(14-21(29)25-16-7-9-17(10-8-16)34-6-2)28(24(27)35)26-22(30)15-11-18(32-3)13-19(12-15)33-4/h7-13,20H,5-6,14H2,1-4H3,(H,25,29)(H,26,30). The molecule has 0 bridgehead atoms. The number of amides is 3. The van der Waals surface area contributed by atoms with Crippen LogP contribution in [-0.2, 0) is 9.59 Å². The largest absolute Gasteiger partial charge is 0.497 e. The molecule has 1 saturated heterocycles. The highest BCUT2D eigenvalue weighted by atomic mass is 32.1. The van der Waals surface area contributed by atoms with Crippen LogP contribution in [0.5, 0.6) is 17.2 Å². The molecule has 186 valence electrons. The van der Waals surface area contributed by atoms with Crippen molar-refractivity contribution in [3.05, 3.63) is 48.0 Å². The molecule has 2 aromatic rings. The van der Waals surface area contributed by atoms with Gasteiger partial charge in [0.1, 0.15) is 23.3 Å². The Hall–Kier alpha value is -3.86. The number of hydrogen-bond donors (Lipinski definition) is 2. The Labute approximate surface area is 209 Å². The lowest BCUT2D eigenvalue weighted by Gasteiger charge is -2.24. The summed E-state index contributed by atoms with van der Waals surface area (Å²) in [6.45, 7) is 4.48. The quantitative estimate of drug-likeness (QED) is 0.479. The molecule has 0 aliphatic carbocycles. The van der Waals surface area contributed by atoms with Crippen LogP contribution in [0, 0.1) is 0 Å². The molecule has 0 aromatic heterocycles. The number of methoxy groups -OCH3 is 2. The molecule has 0 saturated carbocycles. The zero-order valence-corrected chi connectivity index (χ0v) is 20.8. The van der Waals surface area contributed by atoms with Crippen LogP contribution in [-0.4, -0.2) is 66.2 Å². The minimum Gasteiger partial charge on any atom is -0.497 e. The van der Waals surface area contributed by atoms with Crippen molar-refractivity contribution in [1.82, 2.24) is 15.3 Å². The van der Waals surface area contributed by atoms with Crippen molar-refractivity contribution in [2.45, 2.75) is 26.3 Å². The third-order valence-electron chi connectivity index (χ3n) is 5.28. The van der Waals surface area contributed by atoms with Gasteiger partial charge in [-0.05, 0) is 62.5 Å². The van der Waals surface area contributed by atoms with E-state index in [4.69, 9.17) is 26.4 Å². The first-order chi connectivity index (χ1) is 16.8. The summed E-state index contributed by atoms with van der Waals surface area (Å²) in [7, 11) is 2.95. The average Bonchev–Trinajstić information content (AvgIpc) is 3.08. The Kier molecular flexibility index (Phi) is 8.48. The first-order valence-electron chi connectivity index (χ1n) is 11.0. The summed E-state index contributed by atoms with van der Waals surface area (Å²) >= 11 is 5.42. The second-order valence-corrected chi connectivity index (χ2v) is 7.87. The Morgan fingerprint density at radius 3 is 2.17 bits per heavy atom. The van der Waals surface area contributed by atoms with E-state index in [0.717, 1.165) is 0 Å². The minimum atomic E-state index is -0.999. The normalized spacial score (nSPS) is 15.1. The molecule has 0 spiro atoms. The zero-order valence-electron chi connectivity index (χ0n) is 20.0. The Morgan fingerprint density at radius 1 is 1.00 bits per heavy atom. The lowest BCUT2D eigenvalue weighted by Crippen LogP contribution is -2.49. The van der Waals surface area contributed by atoms with E-state index in [2.05, 4.69) is 10.7 Å². The molecule has 2 N–H and O–H groups in total. The predicted octanol–water partition coefficient (Wildman–Crippen LogP) is 2.59. The van der Waals surface area contributed by atoms with Gasteiger partial charge in [-0.15, -0.1) is 0 Å². The number of rotatable bonds is 10. The number of benzene rings is 2. The van der Waals surface area contributed by atoms with Gasteiger partial charge in [-0.1, -0.05) is 0 Å². The van der Waals surface area contributed by atoms with E-state index in [9.17, 15) is 14.4 Å². The number of ether oxygens (including phenoxy) is 3. The summed E-state index contributed by atoms with van der Waals surface area (Å²) in [6.07, 6.45) is -0.218. The SMILES string of the molecule is CCOc1ccc(NC(=O)CC2C(=O)N(CC)C(=S)N2NC(=O)c2cc(OC)cc(OC)c2)cc1. The summed E-state index contributed by atoms with van der Waals surface area (Å²) in [5, 5.41) is 4.13. The Balaban J connectivity index is 1.76. The monoisotopic (exact) mass is 500 g/mol. The van der Waals surface area contributed by atoms with Crippen LogP contribution in [0.25, 0.3) is 0 Å². The van der Waals surface area contributed by atoms with Crippen molar-refractivity contribution in [3.8, 4) is 17.2 Å². The van der Waals surface area contributed by atoms with E-state index in [1.165, 1.54) is 36.3 Å². The summed E-state index contributed by atoms with van der Waals surface area (Å²) in [6, 6.07) is 10.6. The molecule has 1 aliphatic rings. The highest BCUT2D eigenvalue weighted by Crippen LogP contribution is 2.24. The fourth-order valence-corrected chi connectivity index (χ4v) is 3.94. The van der Waals surface area contributed by atoms with Crippen LogP contribution >= 0.6 is 12.2 Å². The predicted molar refractivity (Wildman–Crippen MR) is 133 cm³/mol.